The molecule has 0 aliphatic carbocycles. The van der Waals surface area contributed by atoms with Gasteiger partial charge in [-0.05, 0) is 32.0 Å². The molecule has 0 atom stereocenters. The van der Waals surface area contributed by atoms with E-state index in [0.717, 1.165) is 32.0 Å². The van der Waals surface area contributed by atoms with E-state index < -0.39 is 0 Å². The van der Waals surface area contributed by atoms with E-state index in [4.69, 9.17) is 9.31 Å². The summed E-state index contributed by atoms with van der Waals surface area (Å²) in [5, 5.41) is 0. The lowest BCUT2D eigenvalue weighted by atomic mass is 9.75. The highest BCUT2D eigenvalue weighted by Gasteiger charge is 2.57. The molecule has 88 valence electrons. The largest absolute Gasteiger partial charge is 0.457 e. The van der Waals surface area contributed by atoms with Crippen LogP contribution in [0.3, 0.4) is 0 Å². The van der Waals surface area contributed by atoms with E-state index in [1.807, 2.05) is 0 Å². The molecule has 0 aromatic carbocycles. The topological polar surface area (TPSA) is 18.5 Å². The van der Waals surface area contributed by atoms with Gasteiger partial charge in [-0.1, -0.05) is 34.6 Å². The predicted octanol–water partition coefficient (Wildman–Crippen LogP) is 3.66. The van der Waals surface area contributed by atoms with Crippen molar-refractivity contribution in [2.45, 2.75) is 77.8 Å². The van der Waals surface area contributed by atoms with Gasteiger partial charge in [-0.2, -0.15) is 0 Å². The van der Waals surface area contributed by atoms with Crippen molar-refractivity contribution in [2.24, 2.45) is 0 Å². The Bertz CT molecular complexity index is 178. The van der Waals surface area contributed by atoms with E-state index in [9.17, 15) is 0 Å². The summed E-state index contributed by atoms with van der Waals surface area (Å²) in [6.07, 6.45) is 5.12. The molecule has 0 amide bonds. The summed E-state index contributed by atoms with van der Waals surface area (Å²) in [6, 6.07) is 0. The maximum Gasteiger partial charge on any atom is 0.457 e. The van der Waals surface area contributed by atoms with E-state index >= 15 is 0 Å². The van der Waals surface area contributed by atoms with Gasteiger partial charge in [0.15, 0.2) is 0 Å². The van der Waals surface area contributed by atoms with Crippen LogP contribution in [0.1, 0.15) is 60.3 Å². The Labute approximate surface area is 94.9 Å². The molecule has 3 heteroatoms. The van der Waals surface area contributed by atoms with Crippen LogP contribution in [0.2, 0.25) is 6.32 Å². The molecule has 1 fully saturated rings. The summed E-state index contributed by atoms with van der Waals surface area (Å²) in [6.45, 7) is 11.0. The average molecular weight is 212 g/mol. The van der Waals surface area contributed by atoms with Crippen LogP contribution in [-0.4, -0.2) is 18.3 Å². The van der Waals surface area contributed by atoms with Crippen molar-refractivity contribution >= 4 is 7.12 Å². The van der Waals surface area contributed by atoms with E-state index in [1.54, 1.807) is 0 Å². The minimum absolute atomic E-state index is 0.00444. The van der Waals surface area contributed by atoms with Crippen LogP contribution in [0.25, 0.3) is 0 Å². The zero-order valence-electron chi connectivity index (χ0n) is 10.9. The highest BCUT2D eigenvalue weighted by molar-refractivity contribution is 6.45. The molecular formula is C12H25BO2. The van der Waals surface area contributed by atoms with Crippen LogP contribution < -0.4 is 0 Å². The molecule has 0 spiro atoms. The molecule has 1 saturated heterocycles. The third-order valence-electron chi connectivity index (χ3n) is 4.16. The van der Waals surface area contributed by atoms with Crippen molar-refractivity contribution < 1.29 is 9.31 Å². The highest BCUT2D eigenvalue weighted by atomic mass is 16.7. The molecule has 0 aromatic heterocycles. The Kier molecular flexibility index (Phi) is 4.24. The SMILES string of the molecule is CCB1OC(CC)(CC)C(CC)(CC)O1. The van der Waals surface area contributed by atoms with Gasteiger partial charge in [-0.15, -0.1) is 0 Å². The molecule has 0 N–H and O–H groups in total. The van der Waals surface area contributed by atoms with Crippen LogP contribution in [0.15, 0.2) is 0 Å². The first-order valence-electron chi connectivity index (χ1n) is 6.49. The second-order valence-corrected chi connectivity index (χ2v) is 4.48. The summed E-state index contributed by atoms with van der Waals surface area (Å²) in [4.78, 5) is 0. The lowest BCUT2D eigenvalue weighted by Gasteiger charge is -2.42. The maximum absolute atomic E-state index is 6.17. The van der Waals surface area contributed by atoms with Gasteiger partial charge in [-0.25, -0.2) is 0 Å². The molecule has 2 nitrogen and oxygen atoms in total. The van der Waals surface area contributed by atoms with Gasteiger partial charge in [0.05, 0.1) is 11.2 Å². The second kappa shape index (κ2) is 4.88. The van der Waals surface area contributed by atoms with Crippen molar-refractivity contribution in [1.29, 1.82) is 0 Å². The molecular weight excluding hydrogens is 187 g/mol. The highest BCUT2D eigenvalue weighted by Crippen LogP contribution is 2.47. The molecule has 0 unspecified atom stereocenters. The lowest BCUT2D eigenvalue weighted by molar-refractivity contribution is -0.0601. The van der Waals surface area contributed by atoms with Crippen LogP contribution in [0, 0.1) is 0 Å². The third kappa shape index (κ3) is 1.85. The molecule has 0 bridgehead atoms. The fourth-order valence-corrected chi connectivity index (χ4v) is 3.03. The Morgan fingerprint density at radius 3 is 1.27 bits per heavy atom. The number of hydrogen-bond donors (Lipinski definition) is 0. The molecule has 0 radical (unpaired) electrons. The normalized spacial score (nSPS) is 23.4. The lowest BCUT2D eigenvalue weighted by Crippen LogP contribution is -2.50. The fraction of sp³-hybridized carbons (Fsp3) is 1.00. The Morgan fingerprint density at radius 1 is 0.733 bits per heavy atom. The van der Waals surface area contributed by atoms with Gasteiger partial charge in [0, 0.05) is 0 Å². The third-order valence-corrected chi connectivity index (χ3v) is 4.16. The molecule has 0 saturated carbocycles. The smallest absolute Gasteiger partial charge is 0.403 e. The average Bonchev–Trinajstić information content (AvgIpc) is 2.64. The first kappa shape index (κ1) is 13.1. The zero-order valence-corrected chi connectivity index (χ0v) is 10.9. The molecule has 1 aliphatic heterocycles. The van der Waals surface area contributed by atoms with Crippen molar-refractivity contribution in [3.63, 3.8) is 0 Å². The van der Waals surface area contributed by atoms with Gasteiger partial charge in [0.1, 0.15) is 0 Å². The van der Waals surface area contributed by atoms with E-state index in [-0.39, 0.29) is 18.3 Å². The summed E-state index contributed by atoms with van der Waals surface area (Å²) in [5.41, 5.74) is -0.117. The van der Waals surface area contributed by atoms with Crippen molar-refractivity contribution in [1.82, 2.24) is 0 Å². The first-order chi connectivity index (χ1) is 7.13. The minimum atomic E-state index is -0.0584. The fourth-order valence-electron chi connectivity index (χ4n) is 3.03. The first-order valence-corrected chi connectivity index (χ1v) is 6.49. The van der Waals surface area contributed by atoms with E-state index in [1.165, 1.54) is 0 Å². The van der Waals surface area contributed by atoms with E-state index in [2.05, 4.69) is 34.6 Å². The van der Waals surface area contributed by atoms with Gasteiger partial charge < -0.3 is 9.31 Å². The van der Waals surface area contributed by atoms with Crippen LogP contribution >= 0.6 is 0 Å². The van der Waals surface area contributed by atoms with Gasteiger partial charge in [-0.3, -0.25) is 0 Å². The minimum Gasteiger partial charge on any atom is -0.403 e. The zero-order chi connectivity index (χ0) is 11.5. The monoisotopic (exact) mass is 212 g/mol. The molecule has 15 heavy (non-hydrogen) atoms. The maximum atomic E-state index is 6.17. The Hall–Kier alpha value is -0.0151. The molecule has 1 rings (SSSR count). The predicted molar refractivity (Wildman–Crippen MR) is 65.0 cm³/mol. The van der Waals surface area contributed by atoms with Crippen molar-refractivity contribution in [3.8, 4) is 0 Å². The standard InChI is InChI=1S/C12H25BO2/c1-6-11(7-2)12(8-3,9-4)15-13(10-5)14-11/h6-10H2,1-5H3. The summed E-state index contributed by atoms with van der Waals surface area (Å²) in [7, 11) is 0.00444. The van der Waals surface area contributed by atoms with Crippen LogP contribution in [-0.2, 0) is 9.31 Å². The van der Waals surface area contributed by atoms with Gasteiger partial charge in [0.2, 0.25) is 0 Å². The summed E-state index contributed by atoms with van der Waals surface area (Å²) < 4.78 is 12.3. The van der Waals surface area contributed by atoms with E-state index in [0.29, 0.717) is 0 Å². The Morgan fingerprint density at radius 2 is 1.07 bits per heavy atom. The summed E-state index contributed by atoms with van der Waals surface area (Å²) in [5.74, 6) is 0. The number of rotatable bonds is 5. The number of hydrogen-bond acceptors (Lipinski definition) is 2. The quantitative estimate of drug-likeness (QED) is 0.647. The molecule has 1 heterocycles. The van der Waals surface area contributed by atoms with Crippen molar-refractivity contribution in [2.75, 3.05) is 0 Å². The van der Waals surface area contributed by atoms with Crippen LogP contribution in [0.5, 0.6) is 0 Å². The van der Waals surface area contributed by atoms with Crippen LogP contribution in [0.4, 0.5) is 0 Å². The molecule has 1 aliphatic rings. The second-order valence-electron chi connectivity index (χ2n) is 4.48. The van der Waals surface area contributed by atoms with Crippen molar-refractivity contribution in [3.05, 3.63) is 0 Å². The molecule has 0 aromatic rings. The van der Waals surface area contributed by atoms with Gasteiger partial charge in [0.25, 0.3) is 0 Å². The van der Waals surface area contributed by atoms with Gasteiger partial charge >= 0.3 is 7.12 Å². The Balaban J connectivity index is 3.00. The summed E-state index contributed by atoms with van der Waals surface area (Å²) >= 11 is 0.